The molecule has 0 aliphatic rings. The summed E-state index contributed by atoms with van der Waals surface area (Å²) in [5, 5.41) is 11.7. The van der Waals surface area contributed by atoms with Crippen LogP contribution in [0.1, 0.15) is 23.6 Å². The Morgan fingerprint density at radius 1 is 1.11 bits per heavy atom. The van der Waals surface area contributed by atoms with E-state index in [1.807, 2.05) is 19.1 Å². The molecule has 27 heavy (non-hydrogen) atoms. The van der Waals surface area contributed by atoms with Gasteiger partial charge in [-0.05, 0) is 49.7 Å². The molecule has 0 aliphatic carbocycles. The fraction of sp³-hybridized carbons (Fsp3) is 0.150. The molecule has 0 bridgehead atoms. The molecule has 0 saturated heterocycles. The molecule has 7 heteroatoms. The van der Waals surface area contributed by atoms with E-state index < -0.39 is 0 Å². The van der Waals surface area contributed by atoms with Crippen LogP contribution in [0.3, 0.4) is 0 Å². The summed E-state index contributed by atoms with van der Waals surface area (Å²) in [5.74, 6) is 1.73. The van der Waals surface area contributed by atoms with Crippen molar-refractivity contribution in [2.45, 2.75) is 19.8 Å². The topological polar surface area (TPSA) is 101 Å². The second kappa shape index (κ2) is 8.54. The number of rotatable bonds is 6. The van der Waals surface area contributed by atoms with Gasteiger partial charge >= 0.3 is 0 Å². The number of nitrogens with one attached hydrogen (secondary N) is 1. The smallest absolute Gasteiger partial charge is 0.224 e. The molecule has 0 spiro atoms. The van der Waals surface area contributed by atoms with Gasteiger partial charge < -0.3 is 10.1 Å². The van der Waals surface area contributed by atoms with E-state index in [0.29, 0.717) is 35.9 Å². The fourth-order valence-electron chi connectivity index (χ4n) is 2.39. The molecule has 1 amide bonds. The number of benzene rings is 1. The van der Waals surface area contributed by atoms with Crippen LogP contribution in [0, 0.1) is 18.3 Å². The van der Waals surface area contributed by atoms with E-state index in [4.69, 9.17) is 10.00 Å². The van der Waals surface area contributed by atoms with E-state index in [1.54, 1.807) is 42.6 Å². The first kappa shape index (κ1) is 18.0. The van der Waals surface area contributed by atoms with Gasteiger partial charge in [-0.25, -0.2) is 15.0 Å². The molecule has 0 saturated carbocycles. The number of hydrogen-bond acceptors (Lipinski definition) is 6. The van der Waals surface area contributed by atoms with Crippen LogP contribution in [-0.2, 0) is 11.2 Å². The molecule has 7 nitrogen and oxygen atoms in total. The molecule has 0 unspecified atom stereocenters. The normalized spacial score (nSPS) is 10.1. The Labute approximate surface area is 156 Å². The van der Waals surface area contributed by atoms with Crippen LogP contribution in [0.5, 0.6) is 11.5 Å². The van der Waals surface area contributed by atoms with Gasteiger partial charge in [-0.15, -0.1) is 0 Å². The third kappa shape index (κ3) is 5.34. The minimum Gasteiger partial charge on any atom is -0.457 e. The predicted octanol–water partition coefficient (Wildman–Crippen LogP) is 3.42. The lowest BCUT2D eigenvalue weighted by molar-refractivity contribution is -0.116. The largest absolute Gasteiger partial charge is 0.457 e. The first-order valence-corrected chi connectivity index (χ1v) is 8.35. The first-order valence-electron chi connectivity index (χ1n) is 8.35. The second-order valence-electron chi connectivity index (χ2n) is 5.76. The van der Waals surface area contributed by atoms with E-state index in [-0.39, 0.29) is 11.6 Å². The lowest BCUT2D eigenvalue weighted by atomic mass is 10.2. The van der Waals surface area contributed by atoms with Crippen LogP contribution in [0.2, 0.25) is 0 Å². The summed E-state index contributed by atoms with van der Waals surface area (Å²) in [5.41, 5.74) is 1.81. The van der Waals surface area contributed by atoms with E-state index >= 15 is 0 Å². The number of carbonyl (C=O) groups is 1. The maximum Gasteiger partial charge on any atom is 0.224 e. The second-order valence-corrected chi connectivity index (χ2v) is 5.76. The highest BCUT2D eigenvalue weighted by atomic mass is 16.5. The van der Waals surface area contributed by atoms with Gasteiger partial charge in [0, 0.05) is 36.3 Å². The minimum absolute atomic E-state index is 0.0901. The van der Waals surface area contributed by atoms with Crippen LogP contribution in [-0.4, -0.2) is 20.9 Å². The highest BCUT2D eigenvalue weighted by molar-refractivity contribution is 5.90. The fourth-order valence-corrected chi connectivity index (χ4v) is 2.39. The van der Waals surface area contributed by atoms with Crippen molar-refractivity contribution in [1.29, 1.82) is 5.26 Å². The number of ether oxygens (including phenoxy) is 1. The molecular weight excluding hydrogens is 342 g/mol. The quantitative estimate of drug-likeness (QED) is 0.724. The third-order valence-electron chi connectivity index (χ3n) is 3.66. The van der Waals surface area contributed by atoms with Crippen molar-refractivity contribution in [3.63, 3.8) is 0 Å². The molecule has 0 radical (unpaired) electrons. The SMILES string of the molecule is Cc1nccc(CCC(=O)Nc2ccc(Oc3ccnc(C#N)c3)cc2)n1. The average Bonchev–Trinajstić information content (AvgIpc) is 2.68. The van der Waals surface area contributed by atoms with Gasteiger partial charge in [-0.2, -0.15) is 5.26 Å². The molecule has 3 rings (SSSR count). The number of aryl methyl sites for hydroxylation is 2. The Hall–Kier alpha value is -3.79. The molecule has 2 heterocycles. The van der Waals surface area contributed by atoms with E-state index in [9.17, 15) is 4.79 Å². The number of amides is 1. The predicted molar refractivity (Wildman–Crippen MR) is 99.2 cm³/mol. The summed E-state index contributed by atoms with van der Waals surface area (Å²) < 4.78 is 5.68. The Bertz CT molecular complexity index is 980. The summed E-state index contributed by atoms with van der Waals surface area (Å²) >= 11 is 0. The Balaban J connectivity index is 1.54. The van der Waals surface area contributed by atoms with Crippen LogP contribution < -0.4 is 10.1 Å². The lowest BCUT2D eigenvalue weighted by Gasteiger charge is -2.08. The summed E-state index contributed by atoms with van der Waals surface area (Å²) in [7, 11) is 0. The van der Waals surface area contributed by atoms with Crippen LogP contribution in [0.4, 0.5) is 5.69 Å². The number of nitrogens with zero attached hydrogens (tertiary/aromatic N) is 4. The number of nitriles is 1. The van der Waals surface area contributed by atoms with Gasteiger partial charge in [-0.3, -0.25) is 4.79 Å². The molecule has 2 aromatic heterocycles. The minimum atomic E-state index is -0.0901. The van der Waals surface area contributed by atoms with Crippen molar-refractivity contribution in [3.8, 4) is 17.6 Å². The van der Waals surface area contributed by atoms with Gasteiger partial charge in [-0.1, -0.05) is 0 Å². The Morgan fingerprint density at radius 3 is 2.63 bits per heavy atom. The van der Waals surface area contributed by atoms with Gasteiger partial charge in [0.05, 0.1) is 0 Å². The van der Waals surface area contributed by atoms with Gasteiger partial charge in [0.2, 0.25) is 5.91 Å². The summed E-state index contributed by atoms with van der Waals surface area (Å²) in [6.45, 7) is 1.82. The van der Waals surface area contributed by atoms with Crippen molar-refractivity contribution >= 4 is 11.6 Å². The maximum atomic E-state index is 12.1. The Kier molecular flexibility index (Phi) is 5.70. The van der Waals surface area contributed by atoms with Gasteiger partial charge in [0.15, 0.2) is 0 Å². The lowest BCUT2D eigenvalue weighted by Crippen LogP contribution is -2.12. The van der Waals surface area contributed by atoms with Crippen molar-refractivity contribution in [2.24, 2.45) is 0 Å². The number of carbonyl (C=O) groups excluding carboxylic acids is 1. The number of anilines is 1. The summed E-state index contributed by atoms with van der Waals surface area (Å²) in [6.07, 6.45) is 4.10. The van der Waals surface area contributed by atoms with Gasteiger partial charge in [0.25, 0.3) is 0 Å². The molecular formula is C20H17N5O2. The average molecular weight is 359 g/mol. The molecule has 3 aromatic rings. The molecule has 134 valence electrons. The molecule has 0 atom stereocenters. The number of pyridine rings is 1. The van der Waals surface area contributed by atoms with E-state index in [2.05, 4.69) is 20.3 Å². The molecule has 1 aromatic carbocycles. The van der Waals surface area contributed by atoms with Crippen LogP contribution in [0.25, 0.3) is 0 Å². The summed E-state index contributed by atoms with van der Waals surface area (Å²) in [6, 6.07) is 14.0. The van der Waals surface area contributed by atoms with Crippen molar-refractivity contribution in [3.05, 3.63) is 72.1 Å². The molecule has 0 aliphatic heterocycles. The highest BCUT2D eigenvalue weighted by Gasteiger charge is 2.05. The molecule has 1 N–H and O–H groups in total. The van der Waals surface area contributed by atoms with Crippen LogP contribution in [0.15, 0.2) is 54.9 Å². The Morgan fingerprint density at radius 2 is 1.89 bits per heavy atom. The monoisotopic (exact) mass is 359 g/mol. The van der Waals surface area contributed by atoms with Crippen LogP contribution >= 0.6 is 0 Å². The van der Waals surface area contributed by atoms with Crippen molar-refractivity contribution in [1.82, 2.24) is 15.0 Å². The van der Waals surface area contributed by atoms with E-state index in [0.717, 1.165) is 5.69 Å². The molecule has 0 fully saturated rings. The van der Waals surface area contributed by atoms with E-state index in [1.165, 1.54) is 6.20 Å². The standard InChI is InChI=1S/C20H17N5O2/c1-14-22-10-8-16(24-14)4-7-20(26)25-15-2-5-18(6-3-15)27-19-9-11-23-17(12-19)13-21/h2-3,5-6,8-12H,4,7H2,1H3,(H,25,26). The van der Waals surface area contributed by atoms with Crippen molar-refractivity contribution < 1.29 is 9.53 Å². The zero-order valence-corrected chi connectivity index (χ0v) is 14.7. The third-order valence-corrected chi connectivity index (χ3v) is 3.66. The number of hydrogen-bond donors (Lipinski definition) is 1. The van der Waals surface area contributed by atoms with Gasteiger partial charge in [0.1, 0.15) is 29.1 Å². The zero-order chi connectivity index (χ0) is 19.1. The first-order chi connectivity index (χ1) is 13.1. The number of aromatic nitrogens is 3. The van der Waals surface area contributed by atoms with Crippen molar-refractivity contribution in [2.75, 3.05) is 5.32 Å². The highest BCUT2D eigenvalue weighted by Crippen LogP contribution is 2.23. The maximum absolute atomic E-state index is 12.1. The summed E-state index contributed by atoms with van der Waals surface area (Å²) in [4.78, 5) is 24.3. The zero-order valence-electron chi connectivity index (χ0n) is 14.7.